The third kappa shape index (κ3) is 4.19. The predicted molar refractivity (Wildman–Crippen MR) is 98.2 cm³/mol. The van der Waals surface area contributed by atoms with Gasteiger partial charge in [-0.15, -0.1) is 0 Å². The summed E-state index contributed by atoms with van der Waals surface area (Å²) in [6, 6.07) is 10.7. The van der Waals surface area contributed by atoms with Crippen molar-refractivity contribution in [2.24, 2.45) is 0 Å². The zero-order valence-electron chi connectivity index (χ0n) is 14.5. The van der Waals surface area contributed by atoms with Crippen LogP contribution in [0.2, 0.25) is 5.02 Å². The quantitative estimate of drug-likeness (QED) is 0.876. The molecule has 1 aromatic carbocycles. The summed E-state index contributed by atoms with van der Waals surface area (Å²) in [7, 11) is 0. The Labute approximate surface area is 157 Å². The largest absolute Gasteiger partial charge is 0.451 e. The number of furan rings is 1. The van der Waals surface area contributed by atoms with Gasteiger partial charge in [-0.05, 0) is 44.0 Å². The van der Waals surface area contributed by atoms with E-state index in [0.717, 1.165) is 5.56 Å². The number of piperidine rings is 1. The van der Waals surface area contributed by atoms with Gasteiger partial charge in [-0.25, -0.2) is 4.79 Å². The molecule has 0 radical (unpaired) electrons. The monoisotopic (exact) mass is 376 g/mol. The van der Waals surface area contributed by atoms with Gasteiger partial charge in [0, 0.05) is 24.7 Å². The topological polar surface area (TPSA) is 71.8 Å². The summed E-state index contributed by atoms with van der Waals surface area (Å²) in [5.74, 6) is 0.531. The van der Waals surface area contributed by atoms with Crippen LogP contribution in [0.1, 0.15) is 30.3 Å². The molecule has 2 heterocycles. The number of carbonyl (C=O) groups excluding carboxylic acids is 2. The number of hydrogen-bond donors (Lipinski definition) is 1. The van der Waals surface area contributed by atoms with E-state index in [1.807, 2.05) is 18.2 Å². The lowest BCUT2D eigenvalue weighted by Gasteiger charge is -2.31. The van der Waals surface area contributed by atoms with Crippen LogP contribution < -0.4 is 5.32 Å². The predicted octanol–water partition coefficient (Wildman–Crippen LogP) is 3.95. The van der Waals surface area contributed by atoms with Crippen LogP contribution in [0.3, 0.4) is 0 Å². The molecule has 2 aromatic rings. The third-order valence-electron chi connectivity index (χ3n) is 4.33. The summed E-state index contributed by atoms with van der Waals surface area (Å²) in [6.45, 7) is 3.27. The molecule has 1 N–H and O–H groups in total. The van der Waals surface area contributed by atoms with Crippen LogP contribution in [0.5, 0.6) is 0 Å². The van der Waals surface area contributed by atoms with Crippen molar-refractivity contribution in [3.63, 3.8) is 0 Å². The average Bonchev–Trinajstić information content (AvgIpc) is 3.13. The van der Waals surface area contributed by atoms with Gasteiger partial charge in [0.25, 0.3) is 5.91 Å². The molecule has 26 heavy (non-hydrogen) atoms. The number of hydrogen-bond acceptors (Lipinski definition) is 4. The van der Waals surface area contributed by atoms with E-state index >= 15 is 0 Å². The van der Waals surface area contributed by atoms with Gasteiger partial charge in [0.05, 0.1) is 11.6 Å². The fraction of sp³-hybridized carbons (Fsp3) is 0.368. The SMILES string of the molecule is CCOC(=O)N1CCC(NC(=O)c2ccc(-c3ccccc3Cl)o2)CC1. The molecule has 0 unspecified atom stereocenters. The molecular formula is C19H21ClN2O4. The number of halogens is 1. The molecule has 1 saturated heterocycles. The molecule has 138 valence electrons. The summed E-state index contributed by atoms with van der Waals surface area (Å²) in [5, 5.41) is 3.53. The van der Waals surface area contributed by atoms with Gasteiger partial charge in [0.2, 0.25) is 0 Å². The standard InChI is InChI=1S/C19H21ClN2O4/c1-2-25-19(24)22-11-9-13(10-12-22)21-18(23)17-8-7-16(26-17)14-5-3-4-6-15(14)20/h3-8,13H,2,9-12H2,1H3,(H,21,23). The first-order valence-electron chi connectivity index (χ1n) is 8.65. The molecule has 0 atom stereocenters. The van der Waals surface area contributed by atoms with Gasteiger partial charge in [0.1, 0.15) is 5.76 Å². The van der Waals surface area contributed by atoms with Crippen molar-refractivity contribution in [2.75, 3.05) is 19.7 Å². The highest BCUT2D eigenvalue weighted by molar-refractivity contribution is 6.33. The molecule has 1 aliphatic rings. The second kappa shape index (κ2) is 8.27. The third-order valence-corrected chi connectivity index (χ3v) is 4.65. The van der Waals surface area contributed by atoms with Crippen LogP contribution in [-0.4, -0.2) is 42.6 Å². The summed E-state index contributed by atoms with van der Waals surface area (Å²) in [6.07, 6.45) is 1.07. The zero-order chi connectivity index (χ0) is 18.5. The molecule has 1 aliphatic heterocycles. The molecule has 0 aliphatic carbocycles. The zero-order valence-corrected chi connectivity index (χ0v) is 15.3. The Hall–Kier alpha value is -2.47. The Kier molecular flexibility index (Phi) is 5.83. The Bertz CT molecular complexity index is 781. The van der Waals surface area contributed by atoms with E-state index in [4.69, 9.17) is 20.8 Å². The molecule has 1 aromatic heterocycles. The maximum Gasteiger partial charge on any atom is 0.409 e. The number of nitrogens with zero attached hydrogens (tertiary/aromatic N) is 1. The van der Waals surface area contributed by atoms with Gasteiger partial charge in [-0.2, -0.15) is 0 Å². The molecule has 2 amide bonds. The fourth-order valence-electron chi connectivity index (χ4n) is 2.94. The first-order valence-corrected chi connectivity index (χ1v) is 9.03. The van der Waals surface area contributed by atoms with Crippen LogP contribution in [0, 0.1) is 0 Å². The first kappa shape index (κ1) is 18.3. The van der Waals surface area contributed by atoms with Crippen molar-refractivity contribution in [2.45, 2.75) is 25.8 Å². The van der Waals surface area contributed by atoms with Gasteiger partial charge in [-0.1, -0.05) is 23.7 Å². The molecule has 3 rings (SSSR count). The maximum atomic E-state index is 12.4. The second-order valence-electron chi connectivity index (χ2n) is 6.08. The Balaban J connectivity index is 1.57. The number of nitrogens with one attached hydrogen (secondary N) is 1. The molecule has 0 spiro atoms. The first-order chi connectivity index (χ1) is 12.6. The van der Waals surface area contributed by atoms with Gasteiger partial charge in [0.15, 0.2) is 5.76 Å². The van der Waals surface area contributed by atoms with E-state index in [0.29, 0.717) is 43.3 Å². The number of ether oxygens (including phenoxy) is 1. The highest BCUT2D eigenvalue weighted by Gasteiger charge is 2.25. The van der Waals surface area contributed by atoms with Crippen LogP contribution in [-0.2, 0) is 4.74 Å². The van der Waals surface area contributed by atoms with Crippen molar-refractivity contribution in [1.29, 1.82) is 0 Å². The molecule has 1 fully saturated rings. The maximum absolute atomic E-state index is 12.4. The summed E-state index contributed by atoms with van der Waals surface area (Å²) < 4.78 is 10.7. The normalized spacial score (nSPS) is 14.9. The van der Waals surface area contributed by atoms with Crippen LogP contribution in [0.4, 0.5) is 4.79 Å². The van der Waals surface area contributed by atoms with Crippen molar-refractivity contribution in [1.82, 2.24) is 10.2 Å². The van der Waals surface area contributed by atoms with Crippen LogP contribution >= 0.6 is 11.6 Å². The highest BCUT2D eigenvalue weighted by Crippen LogP contribution is 2.29. The van der Waals surface area contributed by atoms with E-state index in [1.165, 1.54) is 0 Å². The van der Waals surface area contributed by atoms with E-state index in [1.54, 1.807) is 30.0 Å². The Morgan fingerprint density at radius 2 is 1.96 bits per heavy atom. The highest BCUT2D eigenvalue weighted by atomic mass is 35.5. The fourth-order valence-corrected chi connectivity index (χ4v) is 3.17. The molecule has 6 nitrogen and oxygen atoms in total. The number of carbonyl (C=O) groups is 2. The van der Waals surface area contributed by atoms with E-state index in [2.05, 4.69) is 5.32 Å². The minimum absolute atomic E-state index is 0.00189. The summed E-state index contributed by atoms with van der Waals surface area (Å²) in [4.78, 5) is 25.8. The lowest BCUT2D eigenvalue weighted by atomic mass is 10.1. The minimum atomic E-state index is -0.298. The van der Waals surface area contributed by atoms with Crippen LogP contribution in [0.15, 0.2) is 40.8 Å². The van der Waals surface area contributed by atoms with Crippen molar-refractivity contribution >= 4 is 23.6 Å². The number of benzene rings is 1. The van der Waals surface area contributed by atoms with Gasteiger partial charge >= 0.3 is 6.09 Å². The smallest absolute Gasteiger partial charge is 0.409 e. The van der Waals surface area contributed by atoms with E-state index < -0.39 is 0 Å². The summed E-state index contributed by atoms with van der Waals surface area (Å²) >= 11 is 6.16. The molecule has 0 saturated carbocycles. The second-order valence-corrected chi connectivity index (χ2v) is 6.48. The Morgan fingerprint density at radius 1 is 1.23 bits per heavy atom. The van der Waals surface area contributed by atoms with Gasteiger partial charge < -0.3 is 19.4 Å². The van der Waals surface area contributed by atoms with Gasteiger partial charge in [-0.3, -0.25) is 4.79 Å². The lowest BCUT2D eigenvalue weighted by molar-refractivity contribution is 0.0841. The number of likely N-dealkylation sites (tertiary alicyclic amines) is 1. The van der Waals surface area contributed by atoms with E-state index in [-0.39, 0.29) is 23.8 Å². The Morgan fingerprint density at radius 3 is 2.65 bits per heavy atom. The molecule has 0 bridgehead atoms. The average molecular weight is 377 g/mol. The number of amides is 2. The van der Waals surface area contributed by atoms with Crippen molar-refractivity contribution < 1.29 is 18.7 Å². The number of rotatable bonds is 4. The lowest BCUT2D eigenvalue weighted by Crippen LogP contribution is -2.46. The molecule has 7 heteroatoms. The van der Waals surface area contributed by atoms with E-state index in [9.17, 15) is 9.59 Å². The van der Waals surface area contributed by atoms with Crippen LogP contribution in [0.25, 0.3) is 11.3 Å². The summed E-state index contributed by atoms with van der Waals surface area (Å²) in [5.41, 5.74) is 0.746. The molecular weight excluding hydrogens is 356 g/mol. The minimum Gasteiger partial charge on any atom is -0.451 e. The van der Waals surface area contributed by atoms with Crippen molar-refractivity contribution in [3.05, 3.63) is 47.2 Å². The van der Waals surface area contributed by atoms with Crippen molar-refractivity contribution in [3.8, 4) is 11.3 Å².